The van der Waals surface area contributed by atoms with Gasteiger partial charge < -0.3 is 19.9 Å². The summed E-state index contributed by atoms with van der Waals surface area (Å²) < 4.78 is 37.5. The Morgan fingerprint density at radius 2 is 1.70 bits per heavy atom. The number of hydrogen-bond acceptors (Lipinski definition) is 4. The summed E-state index contributed by atoms with van der Waals surface area (Å²) in [5, 5.41) is 12.9. The third-order valence-corrected chi connectivity index (χ3v) is 3.45. The number of aliphatic hydroxyl groups excluding tert-OH is 1. The third kappa shape index (κ3) is 4.18. The molecular weight excluding hydrogens is 304 g/mol. The van der Waals surface area contributed by atoms with Crippen molar-refractivity contribution < 1.29 is 23.4 Å². The maximum Gasteiger partial charge on any atom is 0.161 e. The van der Waals surface area contributed by atoms with Crippen molar-refractivity contribution >= 4 is 0 Å². The molecule has 2 aromatic carbocycles. The molecule has 0 bridgehead atoms. The minimum Gasteiger partial charge on any atom is -0.493 e. The van der Waals surface area contributed by atoms with Crippen molar-refractivity contribution in [2.45, 2.75) is 12.6 Å². The van der Waals surface area contributed by atoms with Crippen LogP contribution in [-0.4, -0.2) is 25.9 Å². The van der Waals surface area contributed by atoms with Gasteiger partial charge in [-0.25, -0.2) is 8.78 Å². The summed E-state index contributed by atoms with van der Waals surface area (Å²) >= 11 is 0. The molecule has 0 aliphatic carbocycles. The normalized spacial score (nSPS) is 12.0. The Bertz CT molecular complexity index is 644. The van der Waals surface area contributed by atoms with Crippen molar-refractivity contribution in [3.05, 3.63) is 59.2 Å². The van der Waals surface area contributed by atoms with Gasteiger partial charge in [0.1, 0.15) is 11.6 Å². The fourth-order valence-electron chi connectivity index (χ4n) is 2.27. The topological polar surface area (TPSA) is 50.7 Å². The summed E-state index contributed by atoms with van der Waals surface area (Å²) in [5.74, 6) is -0.312. The van der Waals surface area contributed by atoms with E-state index in [0.29, 0.717) is 18.0 Å². The van der Waals surface area contributed by atoms with E-state index in [1.165, 1.54) is 6.07 Å². The van der Waals surface area contributed by atoms with E-state index in [2.05, 4.69) is 5.32 Å². The molecule has 124 valence electrons. The third-order valence-electron chi connectivity index (χ3n) is 3.45. The van der Waals surface area contributed by atoms with Gasteiger partial charge in [0, 0.05) is 13.1 Å². The molecule has 0 spiro atoms. The quantitative estimate of drug-likeness (QED) is 0.823. The zero-order valence-electron chi connectivity index (χ0n) is 13.0. The van der Waals surface area contributed by atoms with Crippen molar-refractivity contribution in [3.63, 3.8) is 0 Å². The summed E-state index contributed by atoms with van der Waals surface area (Å²) in [4.78, 5) is 0. The maximum absolute atomic E-state index is 13.6. The molecule has 23 heavy (non-hydrogen) atoms. The van der Waals surface area contributed by atoms with Crippen LogP contribution < -0.4 is 14.8 Å². The van der Waals surface area contributed by atoms with E-state index < -0.39 is 17.7 Å². The molecule has 2 rings (SSSR count). The Labute approximate surface area is 133 Å². The lowest BCUT2D eigenvalue weighted by atomic mass is 10.1. The zero-order valence-corrected chi connectivity index (χ0v) is 13.0. The fraction of sp³-hybridized carbons (Fsp3) is 0.294. The van der Waals surface area contributed by atoms with E-state index in [-0.39, 0.29) is 12.1 Å². The van der Waals surface area contributed by atoms with E-state index in [4.69, 9.17) is 9.47 Å². The summed E-state index contributed by atoms with van der Waals surface area (Å²) in [6, 6.07) is 8.90. The molecule has 0 aliphatic rings. The van der Waals surface area contributed by atoms with Crippen LogP contribution >= 0.6 is 0 Å². The van der Waals surface area contributed by atoms with Crippen LogP contribution in [0.25, 0.3) is 0 Å². The largest absolute Gasteiger partial charge is 0.493 e. The number of aliphatic hydroxyl groups is 1. The van der Waals surface area contributed by atoms with Crippen LogP contribution in [0.15, 0.2) is 36.4 Å². The molecule has 0 saturated heterocycles. The molecule has 2 aromatic rings. The first-order valence-corrected chi connectivity index (χ1v) is 7.10. The van der Waals surface area contributed by atoms with Gasteiger partial charge in [0.25, 0.3) is 0 Å². The van der Waals surface area contributed by atoms with Gasteiger partial charge in [-0.3, -0.25) is 0 Å². The molecule has 1 unspecified atom stereocenters. The molecule has 0 aliphatic heterocycles. The minimum atomic E-state index is -1.27. The molecule has 0 saturated carbocycles. The molecule has 0 heterocycles. The van der Waals surface area contributed by atoms with E-state index in [1.54, 1.807) is 26.4 Å². The van der Waals surface area contributed by atoms with Crippen LogP contribution in [-0.2, 0) is 6.54 Å². The average molecular weight is 323 g/mol. The second-order valence-electron chi connectivity index (χ2n) is 4.97. The van der Waals surface area contributed by atoms with Crippen LogP contribution in [0, 0.1) is 11.6 Å². The second kappa shape index (κ2) is 7.89. The molecule has 4 nitrogen and oxygen atoms in total. The van der Waals surface area contributed by atoms with Gasteiger partial charge in [0.15, 0.2) is 11.5 Å². The van der Waals surface area contributed by atoms with E-state index in [0.717, 1.165) is 17.7 Å². The van der Waals surface area contributed by atoms with Crippen LogP contribution in [0.3, 0.4) is 0 Å². The summed E-state index contributed by atoms with van der Waals surface area (Å²) in [6.07, 6.45) is -1.27. The first kappa shape index (κ1) is 17.2. The molecular formula is C17H19F2NO3. The van der Waals surface area contributed by atoms with Gasteiger partial charge >= 0.3 is 0 Å². The SMILES string of the molecule is COc1ccc(CNCC(O)c2c(F)cccc2F)cc1OC. The lowest BCUT2D eigenvalue weighted by molar-refractivity contribution is 0.164. The van der Waals surface area contributed by atoms with Crippen molar-refractivity contribution in [3.8, 4) is 11.5 Å². The van der Waals surface area contributed by atoms with Crippen LogP contribution in [0.1, 0.15) is 17.2 Å². The predicted molar refractivity (Wildman–Crippen MR) is 82.6 cm³/mol. The molecule has 6 heteroatoms. The van der Waals surface area contributed by atoms with Gasteiger partial charge in [-0.05, 0) is 29.8 Å². The van der Waals surface area contributed by atoms with Gasteiger partial charge in [0.05, 0.1) is 25.9 Å². The molecule has 0 fully saturated rings. The first-order valence-electron chi connectivity index (χ1n) is 7.10. The maximum atomic E-state index is 13.6. The van der Waals surface area contributed by atoms with Crippen molar-refractivity contribution in [1.29, 1.82) is 0 Å². The van der Waals surface area contributed by atoms with E-state index in [1.807, 2.05) is 6.07 Å². The number of methoxy groups -OCH3 is 2. The summed E-state index contributed by atoms with van der Waals surface area (Å²) in [6.45, 7) is 0.430. The van der Waals surface area contributed by atoms with Crippen LogP contribution in [0.2, 0.25) is 0 Å². The number of rotatable bonds is 7. The Balaban J connectivity index is 1.97. The molecule has 2 N–H and O–H groups in total. The molecule has 0 radical (unpaired) electrons. The number of nitrogens with one attached hydrogen (secondary N) is 1. The van der Waals surface area contributed by atoms with Gasteiger partial charge in [-0.1, -0.05) is 12.1 Å². The lowest BCUT2D eigenvalue weighted by Crippen LogP contribution is -2.22. The lowest BCUT2D eigenvalue weighted by Gasteiger charge is -2.14. The highest BCUT2D eigenvalue weighted by Crippen LogP contribution is 2.27. The summed E-state index contributed by atoms with van der Waals surface area (Å²) in [5.41, 5.74) is 0.566. The first-order chi connectivity index (χ1) is 11.1. The van der Waals surface area contributed by atoms with Crippen molar-refractivity contribution in [2.75, 3.05) is 20.8 Å². The highest BCUT2D eigenvalue weighted by molar-refractivity contribution is 5.42. The Hall–Kier alpha value is -2.18. The number of hydrogen-bond donors (Lipinski definition) is 2. The Morgan fingerprint density at radius 1 is 1.04 bits per heavy atom. The monoisotopic (exact) mass is 323 g/mol. The highest BCUT2D eigenvalue weighted by atomic mass is 19.1. The molecule has 0 amide bonds. The second-order valence-corrected chi connectivity index (χ2v) is 4.97. The van der Waals surface area contributed by atoms with Gasteiger partial charge in [-0.2, -0.15) is 0 Å². The Kier molecular flexibility index (Phi) is 5.90. The highest BCUT2D eigenvalue weighted by Gasteiger charge is 2.17. The van der Waals surface area contributed by atoms with Crippen LogP contribution in [0.5, 0.6) is 11.5 Å². The van der Waals surface area contributed by atoms with Gasteiger partial charge in [0.2, 0.25) is 0 Å². The zero-order chi connectivity index (χ0) is 16.8. The van der Waals surface area contributed by atoms with Gasteiger partial charge in [-0.15, -0.1) is 0 Å². The predicted octanol–water partition coefficient (Wildman–Crippen LogP) is 2.81. The summed E-state index contributed by atoms with van der Waals surface area (Å²) in [7, 11) is 3.09. The van der Waals surface area contributed by atoms with Crippen molar-refractivity contribution in [2.24, 2.45) is 0 Å². The molecule has 0 aromatic heterocycles. The minimum absolute atomic E-state index is 0.0200. The smallest absolute Gasteiger partial charge is 0.161 e. The standard InChI is InChI=1S/C17H19F2NO3/c1-22-15-7-6-11(8-16(15)23-2)9-20-10-14(21)17-12(18)4-3-5-13(17)19/h3-8,14,20-21H,9-10H2,1-2H3. The van der Waals surface area contributed by atoms with E-state index >= 15 is 0 Å². The molecule has 1 atom stereocenters. The number of halogens is 2. The van der Waals surface area contributed by atoms with Crippen molar-refractivity contribution in [1.82, 2.24) is 5.32 Å². The van der Waals surface area contributed by atoms with E-state index in [9.17, 15) is 13.9 Å². The number of ether oxygens (including phenoxy) is 2. The van der Waals surface area contributed by atoms with Crippen LogP contribution in [0.4, 0.5) is 8.78 Å². The average Bonchev–Trinajstić information content (AvgIpc) is 2.54. The fourth-order valence-corrected chi connectivity index (χ4v) is 2.27. The Morgan fingerprint density at radius 3 is 2.30 bits per heavy atom. The number of benzene rings is 2.